The van der Waals surface area contributed by atoms with E-state index >= 15 is 0 Å². The molecule has 0 saturated heterocycles. The van der Waals surface area contributed by atoms with E-state index in [0.29, 0.717) is 24.0 Å². The number of rotatable bonds is 7. The van der Waals surface area contributed by atoms with Crippen LogP contribution in [0.4, 0.5) is 0 Å². The molecule has 9 nitrogen and oxygen atoms in total. The van der Waals surface area contributed by atoms with E-state index in [2.05, 4.69) is 63.8 Å². The van der Waals surface area contributed by atoms with Crippen LogP contribution in [0.1, 0.15) is 137 Å². The van der Waals surface area contributed by atoms with Crippen molar-refractivity contribution in [1.29, 1.82) is 0 Å². The lowest BCUT2D eigenvalue weighted by atomic mass is 9.33. The SMILES string of the molecule is CC(C)C1=C2C3CCC4[C@@]5(C)CC[C@H](OC(=O)CC(C)(C)C(=O)O)C(C)(C)C5CC[C@@]4(C)[C@]3(C)CC[C@@]2(NC(=O)c2ccncn2)CC1=O. The van der Waals surface area contributed by atoms with Crippen molar-refractivity contribution in [1.82, 2.24) is 15.3 Å². The lowest BCUT2D eigenvalue weighted by Crippen LogP contribution is -2.67. The second-order valence-electron chi connectivity index (χ2n) is 18.5. The average molecular weight is 676 g/mol. The summed E-state index contributed by atoms with van der Waals surface area (Å²) in [7, 11) is 0. The largest absolute Gasteiger partial charge is 0.481 e. The highest BCUT2D eigenvalue weighted by Gasteiger charge is 2.70. The Kier molecular flexibility index (Phi) is 8.55. The van der Waals surface area contributed by atoms with Crippen LogP contribution in [0.25, 0.3) is 0 Å². The molecule has 5 aliphatic carbocycles. The van der Waals surface area contributed by atoms with Crippen molar-refractivity contribution in [3.8, 4) is 0 Å². The zero-order chi connectivity index (χ0) is 35.9. The van der Waals surface area contributed by atoms with E-state index in [9.17, 15) is 24.3 Å². The molecule has 8 atom stereocenters. The van der Waals surface area contributed by atoms with Gasteiger partial charge in [-0.25, -0.2) is 9.97 Å². The molecule has 3 unspecified atom stereocenters. The summed E-state index contributed by atoms with van der Waals surface area (Å²) in [6, 6.07) is 1.63. The number of nitrogens with zero attached hydrogens (tertiary/aromatic N) is 2. The third kappa shape index (κ3) is 5.30. The number of aromatic nitrogens is 2. The number of hydrogen-bond acceptors (Lipinski definition) is 7. The highest BCUT2D eigenvalue weighted by atomic mass is 16.5. The number of carbonyl (C=O) groups excluding carboxylic acids is 3. The van der Waals surface area contributed by atoms with Crippen LogP contribution in [0.5, 0.6) is 0 Å². The first kappa shape index (κ1) is 35.7. The van der Waals surface area contributed by atoms with Gasteiger partial charge in [-0.2, -0.15) is 0 Å². The number of carboxylic acids is 1. The Morgan fingerprint density at radius 1 is 0.980 bits per heavy atom. The van der Waals surface area contributed by atoms with Gasteiger partial charge < -0.3 is 15.2 Å². The molecule has 0 aromatic carbocycles. The molecular formula is C40H57N3O6. The van der Waals surface area contributed by atoms with Gasteiger partial charge in [-0.3, -0.25) is 19.2 Å². The number of esters is 1. The molecule has 0 radical (unpaired) electrons. The number of ketones is 1. The maximum atomic E-state index is 13.9. The van der Waals surface area contributed by atoms with Crippen LogP contribution < -0.4 is 5.32 Å². The van der Waals surface area contributed by atoms with Crippen molar-refractivity contribution < 1.29 is 29.0 Å². The molecule has 49 heavy (non-hydrogen) atoms. The Balaban J connectivity index is 1.30. The molecule has 2 N–H and O–H groups in total. The molecule has 5 aliphatic rings. The normalized spacial score (nSPS) is 38.2. The zero-order valence-electron chi connectivity index (χ0n) is 31.1. The fourth-order valence-corrected chi connectivity index (χ4v) is 12.3. The highest BCUT2D eigenvalue weighted by molar-refractivity contribution is 6.03. The first-order chi connectivity index (χ1) is 22.7. The molecule has 1 heterocycles. The first-order valence-electron chi connectivity index (χ1n) is 18.5. The minimum Gasteiger partial charge on any atom is -0.481 e. The summed E-state index contributed by atoms with van der Waals surface area (Å²) in [5.74, 6) is -0.429. The van der Waals surface area contributed by atoms with Gasteiger partial charge >= 0.3 is 11.9 Å². The van der Waals surface area contributed by atoms with Gasteiger partial charge in [-0.1, -0.05) is 48.5 Å². The lowest BCUT2D eigenvalue weighted by molar-refractivity contribution is -0.232. The number of Topliss-reactive ketones (excluding diaryl/α,β-unsaturated/α-hetero) is 1. The predicted molar refractivity (Wildman–Crippen MR) is 185 cm³/mol. The lowest BCUT2D eigenvalue weighted by Gasteiger charge is -2.72. The molecule has 268 valence electrons. The van der Waals surface area contributed by atoms with Crippen molar-refractivity contribution in [3.05, 3.63) is 35.4 Å². The van der Waals surface area contributed by atoms with Gasteiger partial charge in [-0.05, 0) is 122 Å². The molecular weight excluding hydrogens is 618 g/mol. The molecule has 0 bridgehead atoms. The van der Waals surface area contributed by atoms with Gasteiger partial charge in [0, 0.05) is 18.0 Å². The molecule has 4 fully saturated rings. The van der Waals surface area contributed by atoms with Gasteiger partial charge in [-0.15, -0.1) is 0 Å². The summed E-state index contributed by atoms with van der Waals surface area (Å²) in [5.41, 5.74) is 0.337. The average Bonchev–Trinajstić information content (AvgIpc) is 3.30. The molecule has 6 rings (SSSR count). The molecule has 4 saturated carbocycles. The highest BCUT2D eigenvalue weighted by Crippen LogP contribution is 2.76. The molecule has 1 amide bonds. The Morgan fingerprint density at radius 3 is 2.33 bits per heavy atom. The van der Waals surface area contributed by atoms with Crippen LogP contribution in [-0.4, -0.2) is 50.3 Å². The van der Waals surface area contributed by atoms with Crippen molar-refractivity contribution in [3.63, 3.8) is 0 Å². The Hall–Kier alpha value is -3.10. The maximum absolute atomic E-state index is 13.9. The van der Waals surface area contributed by atoms with E-state index in [1.165, 1.54) is 11.9 Å². The van der Waals surface area contributed by atoms with Gasteiger partial charge in [0.2, 0.25) is 0 Å². The van der Waals surface area contributed by atoms with Gasteiger partial charge in [0.25, 0.3) is 5.91 Å². The number of amides is 1. The van der Waals surface area contributed by atoms with Crippen molar-refractivity contribution in [2.45, 2.75) is 138 Å². The van der Waals surface area contributed by atoms with E-state index in [1.807, 2.05) is 0 Å². The quantitative estimate of drug-likeness (QED) is 0.287. The van der Waals surface area contributed by atoms with Crippen LogP contribution in [0.3, 0.4) is 0 Å². The summed E-state index contributed by atoms with van der Waals surface area (Å²) in [6.45, 7) is 19.4. The Labute approximate surface area is 291 Å². The summed E-state index contributed by atoms with van der Waals surface area (Å²) in [6.07, 6.45) is 10.4. The van der Waals surface area contributed by atoms with E-state index in [4.69, 9.17) is 4.74 Å². The van der Waals surface area contributed by atoms with Gasteiger partial charge in [0.05, 0.1) is 17.4 Å². The van der Waals surface area contributed by atoms with Crippen molar-refractivity contribution in [2.24, 2.45) is 50.7 Å². The molecule has 9 heteroatoms. The second kappa shape index (κ2) is 11.7. The maximum Gasteiger partial charge on any atom is 0.309 e. The number of aliphatic carboxylic acids is 1. The number of nitrogens with one attached hydrogen (secondary N) is 1. The predicted octanol–water partition coefficient (Wildman–Crippen LogP) is 7.35. The standard InChI is InChI=1S/C40H57N3O6/c1-23(2)31-26(44)20-40(43-33(46)25-14-19-41-22-42-25)18-17-38(8)24(32(31)40)10-11-28-37(7)15-13-29(49-30(45)21-35(3,4)34(47)48)36(5,6)27(37)12-16-39(28,38)9/h14,19,22-24,27-29H,10-13,15-18,20-21H2,1-9H3,(H,43,46)(H,47,48)/t24?,27?,28?,29-,37-,38+,39+,40+/m0/s1. The topological polar surface area (TPSA) is 136 Å². The van der Waals surface area contributed by atoms with Gasteiger partial charge in [0.15, 0.2) is 5.78 Å². The van der Waals surface area contributed by atoms with Crippen molar-refractivity contribution >= 4 is 23.6 Å². The van der Waals surface area contributed by atoms with E-state index in [-0.39, 0.29) is 57.7 Å². The third-order valence-corrected chi connectivity index (χ3v) is 15.0. The number of carbonyl (C=O) groups is 4. The second-order valence-corrected chi connectivity index (χ2v) is 18.5. The van der Waals surface area contributed by atoms with E-state index in [1.54, 1.807) is 26.1 Å². The molecule has 0 spiro atoms. The van der Waals surface area contributed by atoms with Crippen LogP contribution in [0.2, 0.25) is 0 Å². The van der Waals surface area contributed by atoms with Crippen LogP contribution in [0, 0.1) is 50.7 Å². The first-order valence-corrected chi connectivity index (χ1v) is 18.5. The van der Waals surface area contributed by atoms with Crippen LogP contribution >= 0.6 is 0 Å². The van der Waals surface area contributed by atoms with Gasteiger partial charge in [0.1, 0.15) is 18.1 Å². The minimum absolute atomic E-state index is 0.0236. The smallest absolute Gasteiger partial charge is 0.309 e. The molecule has 1 aromatic rings. The third-order valence-electron chi connectivity index (χ3n) is 15.0. The summed E-state index contributed by atoms with van der Waals surface area (Å²) in [4.78, 5) is 60.4. The van der Waals surface area contributed by atoms with E-state index < -0.39 is 22.9 Å². The summed E-state index contributed by atoms with van der Waals surface area (Å²) >= 11 is 0. The van der Waals surface area contributed by atoms with Crippen molar-refractivity contribution in [2.75, 3.05) is 0 Å². The number of carboxylic acid groups (broad SMARTS) is 1. The Morgan fingerprint density at radius 2 is 1.69 bits per heavy atom. The minimum atomic E-state index is -1.17. The zero-order valence-corrected chi connectivity index (χ0v) is 31.1. The molecule has 0 aliphatic heterocycles. The number of fused-ring (bicyclic) bond motifs is 7. The number of ether oxygens (including phenoxy) is 1. The molecule has 1 aromatic heterocycles. The fraction of sp³-hybridized carbons (Fsp3) is 0.750. The van der Waals surface area contributed by atoms with E-state index in [0.717, 1.165) is 56.9 Å². The monoisotopic (exact) mass is 675 g/mol. The van der Waals surface area contributed by atoms with Crippen LogP contribution in [0.15, 0.2) is 29.7 Å². The summed E-state index contributed by atoms with van der Waals surface area (Å²) < 4.78 is 6.14. The number of allylic oxidation sites excluding steroid dienone is 1. The van der Waals surface area contributed by atoms with Crippen LogP contribution in [-0.2, 0) is 19.1 Å². The fourth-order valence-electron chi connectivity index (χ4n) is 12.3. The number of hydrogen-bond donors (Lipinski definition) is 2. The summed E-state index contributed by atoms with van der Waals surface area (Å²) in [5, 5.41) is 13.0. The Bertz CT molecular complexity index is 1580.